The Balaban J connectivity index is 2.20. The summed E-state index contributed by atoms with van der Waals surface area (Å²) in [4.78, 5) is 10.2. The van der Waals surface area contributed by atoms with E-state index >= 15 is 0 Å². The number of rotatable bonds is 2. The van der Waals surface area contributed by atoms with Crippen LogP contribution in [0.3, 0.4) is 0 Å². The summed E-state index contributed by atoms with van der Waals surface area (Å²) in [5.41, 5.74) is 0. The van der Waals surface area contributed by atoms with Gasteiger partial charge in [0.05, 0.1) is 6.61 Å². The maximum absolute atomic E-state index is 11.4. The minimum Gasteiger partial charge on any atom is -0.430 e. The normalized spacial score (nSPS) is 23.6. The number of ether oxygens (including phenoxy) is 3. The molecular formula is C5H5F3O4. The molecule has 70 valence electrons. The van der Waals surface area contributed by atoms with Crippen molar-refractivity contribution in [2.75, 3.05) is 13.2 Å². The van der Waals surface area contributed by atoms with Gasteiger partial charge in [-0.3, -0.25) is 4.74 Å². The Hall–Kier alpha value is -0.980. The molecule has 1 rings (SSSR count). The van der Waals surface area contributed by atoms with Crippen molar-refractivity contribution in [1.29, 1.82) is 0 Å². The van der Waals surface area contributed by atoms with Crippen LogP contribution in [-0.2, 0) is 14.2 Å². The highest BCUT2D eigenvalue weighted by molar-refractivity contribution is 5.61. The largest absolute Gasteiger partial charge is 0.522 e. The number of halogens is 3. The van der Waals surface area contributed by atoms with Crippen molar-refractivity contribution in [2.45, 2.75) is 12.5 Å². The van der Waals surface area contributed by atoms with Gasteiger partial charge in [-0.2, -0.15) is 0 Å². The summed E-state index contributed by atoms with van der Waals surface area (Å²) >= 11 is 0. The van der Waals surface area contributed by atoms with E-state index in [1.807, 2.05) is 0 Å². The fourth-order valence-corrected chi connectivity index (χ4v) is 0.635. The summed E-state index contributed by atoms with van der Waals surface area (Å²) in [5.74, 6) is 0. The van der Waals surface area contributed by atoms with Gasteiger partial charge in [-0.05, 0) is 0 Å². The minimum absolute atomic E-state index is 0.199. The van der Waals surface area contributed by atoms with E-state index in [0.717, 1.165) is 0 Å². The number of hydrogen-bond donors (Lipinski definition) is 0. The molecule has 1 aliphatic rings. The van der Waals surface area contributed by atoms with Gasteiger partial charge in [0.2, 0.25) is 0 Å². The summed E-state index contributed by atoms with van der Waals surface area (Å²) in [7, 11) is 0. The molecule has 1 saturated heterocycles. The Morgan fingerprint density at radius 1 is 1.58 bits per heavy atom. The Bertz CT molecular complexity index is 178. The van der Waals surface area contributed by atoms with E-state index in [0.29, 0.717) is 0 Å². The summed E-state index contributed by atoms with van der Waals surface area (Å²) in [5, 5.41) is 0. The number of hydrogen-bond acceptors (Lipinski definition) is 4. The van der Waals surface area contributed by atoms with Crippen LogP contribution in [0, 0.1) is 0 Å². The van der Waals surface area contributed by atoms with Crippen molar-refractivity contribution in [3.05, 3.63) is 0 Å². The molecule has 12 heavy (non-hydrogen) atoms. The van der Waals surface area contributed by atoms with Gasteiger partial charge in [0, 0.05) is 0 Å². The van der Waals surface area contributed by atoms with E-state index in [1.54, 1.807) is 0 Å². The zero-order valence-corrected chi connectivity index (χ0v) is 5.76. The van der Waals surface area contributed by atoms with Gasteiger partial charge in [0.1, 0.15) is 6.61 Å². The van der Waals surface area contributed by atoms with Gasteiger partial charge < -0.3 is 9.47 Å². The fourth-order valence-electron chi connectivity index (χ4n) is 0.635. The molecule has 1 atom stereocenters. The molecule has 0 bridgehead atoms. The van der Waals surface area contributed by atoms with Gasteiger partial charge in [-0.25, -0.2) is 4.79 Å². The molecule has 1 aliphatic heterocycles. The standard InChI is InChI=1S/C5H5F3O4/c6-5(7,8)11-2-3-1-10-4(9)12-3/h3H,1-2H2/t3-/m0/s1. The number of carbonyl (C=O) groups excluding carboxylic acids is 1. The highest BCUT2D eigenvalue weighted by Gasteiger charge is 2.33. The molecule has 0 aromatic carbocycles. The van der Waals surface area contributed by atoms with Crippen molar-refractivity contribution in [1.82, 2.24) is 0 Å². The van der Waals surface area contributed by atoms with Crippen LogP contribution < -0.4 is 0 Å². The molecule has 0 N–H and O–H groups in total. The zero-order valence-electron chi connectivity index (χ0n) is 5.76. The molecule has 0 amide bonds. The Morgan fingerprint density at radius 3 is 2.67 bits per heavy atom. The molecule has 0 radical (unpaired) electrons. The molecule has 4 nitrogen and oxygen atoms in total. The average Bonchev–Trinajstić information content (AvgIpc) is 2.30. The molecule has 0 aromatic rings. The lowest BCUT2D eigenvalue weighted by molar-refractivity contribution is -0.329. The van der Waals surface area contributed by atoms with Gasteiger partial charge in [0.15, 0.2) is 6.10 Å². The van der Waals surface area contributed by atoms with E-state index in [9.17, 15) is 18.0 Å². The maximum atomic E-state index is 11.4. The molecule has 0 saturated carbocycles. The van der Waals surface area contributed by atoms with Gasteiger partial charge in [-0.1, -0.05) is 0 Å². The van der Waals surface area contributed by atoms with Crippen LogP contribution in [0.25, 0.3) is 0 Å². The second kappa shape index (κ2) is 3.18. The lowest BCUT2D eigenvalue weighted by Crippen LogP contribution is -2.24. The van der Waals surface area contributed by atoms with Crippen LogP contribution in [0.1, 0.15) is 0 Å². The monoisotopic (exact) mass is 186 g/mol. The third kappa shape index (κ3) is 2.95. The first-order valence-electron chi connectivity index (χ1n) is 3.01. The Labute approximate surface area is 65.2 Å². The summed E-state index contributed by atoms with van der Waals surface area (Å²) in [6.45, 7) is -0.926. The topological polar surface area (TPSA) is 44.8 Å². The molecule has 0 aromatic heterocycles. The molecule has 1 fully saturated rings. The zero-order chi connectivity index (χ0) is 9.19. The summed E-state index contributed by atoms with van der Waals surface area (Å²) in [6.07, 6.45) is -6.63. The van der Waals surface area contributed by atoms with E-state index in [-0.39, 0.29) is 6.61 Å². The summed E-state index contributed by atoms with van der Waals surface area (Å²) in [6, 6.07) is 0. The molecular weight excluding hydrogens is 181 g/mol. The van der Waals surface area contributed by atoms with E-state index in [2.05, 4.69) is 14.2 Å². The lowest BCUT2D eigenvalue weighted by atomic mass is 10.4. The third-order valence-electron chi connectivity index (χ3n) is 1.08. The molecule has 0 aliphatic carbocycles. The second-order valence-electron chi connectivity index (χ2n) is 2.06. The predicted molar refractivity (Wildman–Crippen MR) is 28.2 cm³/mol. The van der Waals surface area contributed by atoms with Gasteiger partial charge in [-0.15, -0.1) is 13.2 Å². The van der Waals surface area contributed by atoms with E-state index in [4.69, 9.17) is 0 Å². The number of carbonyl (C=O) groups is 1. The van der Waals surface area contributed by atoms with Crippen molar-refractivity contribution in [2.24, 2.45) is 0 Å². The van der Waals surface area contributed by atoms with Crippen LogP contribution in [0.2, 0.25) is 0 Å². The lowest BCUT2D eigenvalue weighted by Gasteiger charge is -2.09. The SMILES string of the molecule is O=C1OC[C@@H](COC(F)(F)F)O1. The predicted octanol–water partition coefficient (Wildman–Crippen LogP) is 1.06. The molecule has 1 heterocycles. The van der Waals surface area contributed by atoms with Crippen molar-refractivity contribution >= 4 is 6.16 Å². The highest BCUT2D eigenvalue weighted by Crippen LogP contribution is 2.18. The van der Waals surface area contributed by atoms with Crippen LogP contribution in [0.4, 0.5) is 18.0 Å². The van der Waals surface area contributed by atoms with Crippen LogP contribution in [0.5, 0.6) is 0 Å². The highest BCUT2D eigenvalue weighted by atomic mass is 19.4. The quantitative estimate of drug-likeness (QED) is 0.605. The van der Waals surface area contributed by atoms with Gasteiger partial charge in [0.25, 0.3) is 0 Å². The Kier molecular flexibility index (Phi) is 2.41. The first-order chi connectivity index (χ1) is 5.47. The van der Waals surface area contributed by atoms with Crippen molar-refractivity contribution < 1.29 is 32.2 Å². The maximum Gasteiger partial charge on any atom is 0.522 e. The van der Waals surface area contributed by atoms with Crippen molar-refractivity contribution in [3.63, 3.8) is 0 Å². The smallest absolute Gasteiger partial charge is 0.430 e. The summed E-state index contributed by atoms with van der Waals surface area (Å²) < 4.78 is 46.1. The average molecular weight is 186 g/mol. The van der Waals surface area contributed by atoms with Gasteiger partial charge >= 0.3 is 12.5 Å². The first kappa shape index (κ1) is 9.11. The molecule has 0 unspecified atom stereocenters. The molecule has 7 heteroatoms. The third-order valence-corrected chi connectivity index (χ3v) is 1.08. The Morgan fingerprint density at radius 2 is 2.25 bits per heavy atom. The van der Waals surface area contributed by atoms with Crippen LogP contribution in [0.15, 0.2) is 0 Å². The van der Waals surface area contributed by atoms with E-state index < -0.39 is 25.2 Å². The first-order valence-corrected chi connectivity index (χ1v) is 3.01. The fraction of sp³-hybridized carbons (Fsp3) is 0.800. The van der Waals surface area contributed by atoms with Crippen LogP contribution in [-0.4, -0.2) is 31.8 Å². The number of alkyl halides is 3. The van der Waals surface area contributed by atoms with Crippen LogP contribution >= 0.6 is 0 Å². The minimum atomic E-state index is -4.70. The van der Waals surface area contributed by atoms with E-state index in [1.165, 1.54) is 0 Å². The van der Waals surface area contributed by atoms with Crippen molar-refractivity contribution in [3.8, 4) is 0 Å². The molecule has 0 spiro atoms. The second-order valence-corrected chi connectivity index (χ2v) is 2.06. The number of cyclic esters (lactones) is 2.